The fourth-order valence-corrected chi connectivity index (χ4v) is 6.57. The smallest absolute Gasteiger partial charge is 0.374 e. The molecule has 0 heterocycles. The van der Waals surface area contributed by atoms with Gasteiger partial charge in [-0.25, -0.2) is 0 Å². The molecule has 0 aromatic carbocycles. The maximum Gasteiger partial charge on any atom is 0.500 e. The van der Waals surface area contributed by atoms with Gasteiger partial charge in [0.15, 0.2) is 0 Å². The first-order valence-electron chi connectivity index (χ1n) is 13.0. The fourth-order valence-electron chi connectivity index (χ4n) is 3.89. The Kier molecular flexibility index (Phi) is 15.3. The molecule has 0 radical (unpaired) electrons. The first-order chi connectivity index (χ1) is 18.1. The zero-order valence-corrected chi connectivity index (χ0v) is 23.5. The molecule has 0 aliphatic heterocycles. The predicted molar refractivity (Wildman–Crippen MR) is 122 cm³/mol. The Morgan fingerprint density at radius 1 is 0.425 bits per heavy atom. The van der Waals surface area contributed by atoms with Gasteiger partial charge < -0.3 is 13.3 Å². The van der Waals surface area contributed by atoms with Crippen LogP contribution in [0.4, 0.5) is 57.1 Å². The third-order valence-electron chi connectivity index (χ3n) is 6.06. The molecule has 40 heavy (non-hydrogen) atoms. The monoisotopic (exact) mass is 636 g/mol. The van der Waals surface area contributed by atoms with Crippen LogP contribution in [0.5, 0.6) is 0 Å². The molecule has 17 heteroatoms. The quantitative estimate of drug-likeness (QED) is 0.0673. The molecule has 242 valence electrons. The van der Waals surface area contributed by atoms with Crippen LogP contribution in [-0.2, 0) is 13.3 Å². The van der Waals surface area contributed by atoms with Crippen LogP contribution >= 0.6 is 0 Å². The van der Waals surface area contributed by atoms with E-state index in [2.05, 4.69) is 0 Å². The zero-order valence-electron chi connectivity index (χ0n) is 22.5. The molecule has 0 fully saturated rings. The third-order valence-corrected chi connectivity index (χ3v) is 9.22. The van der Waals surface area contributed by atoms with Crippen LogP contribution in [0.15, 0.2) is 0 Å². The van der Waals surface area contributed by atoms with Crippen molar-refractivity contribution in [3.8, 4) is 0 Å². The lowest BCUT2D eigenvalue weighted by Gasteiger charge is -2.39. The first kappa shape index (κ1) is 39.2. The second-order valence-corrected chi connectivity index (χ2v) is 11.9. The number of alkyl halides is 13. The van der Waals surface area contributed by atoms with Gasteiger partial charge in [0.1, 0.15) is 0 Å². The molecule has 0 bridgehead atoms. The van der Waals surface area contributed by atoms with Crippen LogP contribution in [0.25, 0.3) is 0 Å². The average Bonchev–Trinajstić information content (AvgIpc) is 2.81. The van der Waals surface area contributed by atoms with E-state index in [4.69, 9.17) is 13.3 Å². The Morgan fingerprint density at radius 2 is 0.750 bits per heavy atom. The molecular weight excluding hydrogens is 599 g/mol. The predicted octanol–water partition coefficient (Wildman–Crippen LogP) is 9.67. The summed E-state index contributed by atoms with van der Waals surface area (Å²) in [6, 6.07) is 0.625. The number of unbranched alkanes of at least 4 members (excludes halogenated alkanes) is 8. The van der Waals surface area contributed by atoms with E-state index < -0.39 is 57.4 Å². The molecule has 0 N–H and O–H groups in total. The highest BCUT2D eigenvalue weighted by Gasteiger charge is 2.90. The molecule has 0 atom stereocenters. The van der Waals surface area contributed by atoms with Gasteiger partial charge >= 0.3 is 44.6 Å². The van der Waals surface area contributed by atoms with Gasteiger partial charge in [-0.05, 0) is 33.6 Å². The van der Waals surface area contributed by atoms with Crippen molar-refractivity contribution in [1.29, 1.82) is 0 Å². The van der Waals surface area contributed by atoms with E-state index in [0.29, 0.717) is 38.7 Å². The minimum Gasteiger partial charge on any atom is -0.374 e. The third kappa shape index (κ3) is 9.34. The van der Waals surface area contributed by atoms with Crippen molar-refractivity contribution >= 4 is 8.80 Å². The Bertz CT molecular complexity index is 702. The summed E-state index contributed by atoms with van der Waals surface area (Å²) in [5, 5.41) is 0. The van der Waals surface area contributed by atoms with Crippen molar-refractivity contribution in [3.63, 3.8) is 0 Å². The van der Waals surface area contributed by atoms with Crippen molar-refractivity contribution in [2.24, 2.45) is 0 Å². The molecule has 0 aromatic rings. The minimum atomic E-state index is -7.84. The Labute approximate surface area is 226 Å². The number of hydrogen-bond donors (Lipinski definition) is 0. The summed E-state index contributed by atoms with van der Waals surface area (Å²) in [6.07, 6.45) is -6.23. The lowest BCUT2D eigenvalue weighted by atomic mass is 9.91. The van der Waals surface area contributed by atoms with Crippen molar-refractivity contribution < 1.29 is 70.4 Å². The van der Waals surface area contributed by atoms with Gasteiger partial charge in [0.2, 0.25) is 0 Å². The molecule has 0 aromatic heterocycles. The number of hydrogen-bond acceptors (Lipinski definition) is 3. The zero-order chi connectivity index (χ0) is 31.5. The number of halogens is 13. The Balaban J connectivity index is 4.62. The maximum atomic E-state index is 13.8. The van der Waals surface area contributed by atoms with Gasteiger partial charge in [-0.15, -0.1) is 0 Å². The molecule has 0 saturated carbocycles. The molecule has 0 saturated heterocycles. The summed E-state index contributed by atoms with van der Waals surface area (Å²) < 4.78 is 188. The highest BCUT2D eigenvalue weighted by atomic mass is 28.4. The van der Waals surface area contributed by atoms with E-state index in [1.54, 1.807) is 0 Å². The molecule has 0 spiro atoms. The first-order valence-corrected chi connectivity index (χ1v) is 14.9. The average molecular weight is 637 g/mol. The van der Waals surface area contributed by atoms with Gasteiger partial charge in [0.25, 0.3) is 0 Å². The van der Waals surface area contributed by atoms with Crippen LogP contribution in [-0.4, -0.2) is 64.4 Å². The van der Waals surface area contributed by atoms with Crippen molar-refractivity contribution in [2.75, 3.05) is 19.8 Å². The van der Waals surface area contributed by atoms with Crippen LogP contribution in [0.3, 0.4) is 0 Å². The molecule has 3 nitrogen and oxygen atoms in total. The second kappa shape index (κ2) is 15.6. The van der Waals surface area contributed by atoms with E-state index in [0.717, 1.165) is 25.7 Å². The lowest BCUT2D eigenvalue weighted by molar-refractivity contribution is -0.440. The summed E-state index contributed by atoms with van der Waals surface area (Å²) >= 11 is 0. The van der Waals surface area contributed by atoms with Crippen molar-refractivity contribution in [3.05, 3.63) is 0 Å². The fraction of sp³-hybridized carbons (Fsp3) is 1.00. The SMILES string of the molecule is CCO[Si](CCCCCCCCCCCC(F)(F)C(F)(F)C(F)(F)C(F)(F)C(F)(F)C(F)(F)F)(OCC)OCC. The molecule has 0 rings (SSSR count). The Hall–Kier alpha value is -0.813. The molecule has 0 aliphatic carbocycles. The van der Waals surface area contributed by atoms with Crippen molar-refractivity contribution in [2.45, 2.75) is 127 Å². The van der Waals surface area contributed by atoms with Crippen LogP contribution in [0.2, 0.25) is 6.04 Å². The van der Waals surface area contributed by atoms with Gasteiger partial charge in [-0.1, -0.05) is 44.9 Å². The Morgan fingerprint density at radius 3 is 1.10 bits per heavy atom. The van der Waals surface area contributed by atoms with Gasteiger partial charge in [-0.2, -0.15) is 57.1 Å². The van der Waals surface area contributed by atoms with Crippen LogP contribution in [0.1, 0.15) is 85.0 Å². The summed E-state index contributed by atoms with van der Waals surface area (Å²) in [6.45, 7) is 6.83. The lowest BCUT2D eigenvalue weighted by Crippen LogP contribution is -2.70. The second-order valence-electron chi connectivity index (χ2n) is 9.16. The topological polar surface area (TPSA) is 27.7 Å². The highest BCUT2D eigenvalue weighted by molar-refractivity contribution is 6.60. The maximum absolute atomic E-state index is 13.8. The summed E-state index contributed by atoms with van der Waals surface area (Å²) in [5.74, 6) is -36.4. The van der Waals surface area contributed by atoms with E-state index in [-0.39, 0.29) is 12.8 Å². The molecular formula is C23H37F13O3Si. The van der Waals surface area contributed by atoms with Crippen molar-refractivity contribution in [1.82, 2.24) is 0 Å². The van der Waals surface area contributed by atoms with E-state index in [1.165, 1.54) is 0 Å². The van der Waals surface area contributed by atoms with Gasteiger partial charge in [0, 0.05) is 32.3 Å². The van der Waals surface area contributed by atoms with E-state index in [1.807, 2.05) is 20.8 Å². The summed E-state index contributed by atoms with van der Waals surface area (Å²) in [5.41, 5.74) is 0. The number of rotatable bonds is 22. The summed E-state index contributed by atoms with van der Waals surface area (Å²) in [4.78, 5) is 0. The van der Waals surface area contributed by atoms with Crippen LogP contribution < -0.4 is 0 Å². The normalized spacial score (nSPS) is 14.7. The van der Waals surface area contributed by atoms with Gasteiger partial charge in [-0.3, -0.25) is 0 Å². The minimum absolute atomic E-state index is 0.190. The molecule has 0 aliphatic rings. The van der Waals surface area contributed by atoms with E-state index in [9.17, 15) is 57.1 Å². The van der Waals surface area contributed by atoms with Crippen LogP contribution in [0, 0.1) is 0 Å². The molecule has 0 unspecified atom stereocenters. The molecule has 0 amide bonds. The van der Waals surface area contributed by atoms with Gasteiger partial charge in [0.05, 0.1) is 0 Å². The highest BCUT2D eigenvalue weighted by Crippen LogP contribution is 2.60. The van der Waals surface area contributed by atoms with E-state index >= 15 is 0 Å². The standard InChI is InChI=1S/C23H37F13O3Si/c1-4-37-40(38-5-2,39-6-3)17-15-13-11-9-7-8-10-12-14-16-18(24,25)19(26,27)20(28,29)21(30,31)22(32,33)23(34,35)36/h4-17H2,1-3H3. The summed E-state index contributed by atoms with van der Waals surface area (Å²) in [7, 11) is -2.75. The largest absolute Gasteiger partial charge is 0.500 e.